The van der Waals surface area contributed by atoms with Crippen LogP contribution in [0.25, 0.3) is 11.5 Å². The summed E-state index contributed by atoms with van der Waals surface area (Å²) in [6.45, 7) is 4.33. The lowest BCUT2D eigenvalue weighted by Gasteiger charge is -2.09. The number of benzene rings is 1. The smallest absolute Gasteiger partial charge is 0.264 e. The second-order valence-electron chi connectivity index (χ2n) is 5.80. The number of hydrogen-bond acceptors (Lipinski definition) is 4. The summed E-state index contributed by atoms with van der Waals surface area (Å²) in [6, 6.07) is 11.4. The number of H-pyrrole nitrogens is 1. The van der Waals surface area contributed by atoms with Crippen molar-refractivity contribution in [3.8, 4) is 11.5 Å². The van der Waals surface area contributed by atoms with Crippen LogP contribution in [0.1, 0.15) is 27.0 Å². The van der Waals surface area contributed by atoms with Crippen LogP contribution in [-0.2, 0) is 6.54 Å². The zero-order valence-electron chi connectivity index (χ0n) is 14.0. The highest BCUT2D eigenvalue weighted by atomic mass is 16.2. The summed E-state index contributed by atoms with van der Waals surface area (Å²) in [5.74, 6) is -0.126. The van der Waals surface area contributed by atoms with Crippen LogP contribution >= 0.6 is 0 Å². The van der Waals surface area contributed by atoms with Crippen LogP contribution in [0.4, 0.5) is 0 Å². The van der Waals surface area contributed by atoms with E-state index in [0.29, 0.717) is 18.1 Å². The number of nitrogens with one attached hydrogen (secondary N) is 2. The molecule has 2 heterocycles. The second kappa shape index (κ2) is 7.09. The largest absolute Gasteiger partial charge is 0.348 e. The van der Waals surface area contributed by atoms with Crippen LogP contribution in [0.5, 0.6) is 0 Å². The summed E-state index contributed by atoms with van der Waals surface area (Å²) in [7, 11) is 0. The van der Waals surface area contributed by atoms with Crippen molar-refractivity contribution in [2.45, 2.75) is 20.4 Å². The van der Waals surface area contributed by atoms with Gasteiger partial charge in [-0.15, -0.1) is 0 Å². The SMILES string of the molecule is Cc1ccc(C)c(CNC(=O)c2cnc(-c3ccccn3)[nH]c2=O)c1. The molecule has 6 nitrogen and oxygen atoms in total. The summed E-state index contributed by atoms with van der Waals surface area (Å²) in [4.78, 5) is 35.4. The topological polar surface area (TPSA) is 87.7 Å². The Balaban J connectivity index is 1.76. The molecule has 2 aromatic heterocycles. The first-order chi connectivity index (χ1) is 12.0. The molecule has 3 aromatic rings. The summed E-state index contributed by atoms with van der Waals surface area (Å²) in [5, 5.41) is 2.77. The molecule has 126 valence electrons. The van der Waals surface area contributed by atoms with E-state index in [1.807, 2.05) is 32.0 Å². The predicted molar refractivity (Wildman–Crippen MR) is 95.2 cm³/mol. The molecule has 1 aromatic carbocycles. The highest BCUT2D eigenvalue weighted by molar-refractivity contribution is 5.93. The maximum Gasteiger partial charge on any atom is 0.264 e. The summed E-state index contributed by atoms with van der Waals surface area (Å²) < 4.78 is 0. The van der Waals surface area contributed by atoms with E-state index in [9.17, 15) is 9.59 Å². The Hall–Kier alpha value is -3.28. The molecule has 0 aliphatic heterocycles. The van der Waals surface area contributed by atoms with Crippen molar-refractivity contribution in [2.24, 2.45) is 0 Å². The number of rotatable bonds is 4. The Bertz CT molecular complexity index is 965. The minimum atomic E-state index is -0.492. The van der Waals surface area contributed by atoms with Crippen molar-refractivity contribution in [3.63, 3.8) is 0 Å². The first kappa shape index (κ1) is 16.6. The van der Waals surface area contributed by atoms with Crippen LogP contribution in [0.2, 0.25) is 0 Å². The van der Waals surface area contributed by atoms with Crippen molar-refractivity contribution in [1.29, 1.82) is 0 Å². The molecule has 0 bridgehead atoms. The predicted octanol–water partition coefficient (Wildman–Crippen LogP) is 2.38. The number of amides is 1. The lowest BCUT2D eigenvalue weighted by atomic mass is 10.1. The molecule has 3 rings (SSSR count). The summed E-state index contributed by atoms with van der Waals surface area (Å²) >= 11 is 0. The molecule has 0 unspecified atom stereocenters. The molecule has 0 fully saturated rings. The van der Waals surface area contributed by atoms with Gasteiger partial charge in [0.2, 0.25) is 0 Å². The Morgan fingerprint density at radius 1 is 1.16 bits per heavy atom. The van der Waals surface area contributed by atoms with Gasteiger partial charge in [-0.3, -0.25) is 14.6 Å². The van der Waals surface area contributed by atoms with Gasteiger partial charge in [0, 0.05) is 18.9 Å². The first-order valence-electron chi connectivity index (χ1n) is 7.89. The van der Waals surface area contributed by atoms with Gasteiger partial charge in [0.05, 0.1) is 0 Å². The monoisotopic (exact) mass is 334 g/mol. The molecule has 0 aliphatic carbocycles. The molecule has 6 heteroatoms. The van der Waals surface area contributed by atoms with Gasteiger partial charge in [0.15, 0.2) is 5.82 Å². The zero-order chi connectivity index (χ0) is 17.8. The number of carbonyl (C=O) groups excluding carboxylic acids is 1. The van der Waals surface area contributed by atoms with E-state index in [0.717, 1.165) is 16.7 Å². The first-order valence-corrected chi connectivity index (χ1v) is 7.89. The average molecular weight is 334 g/mol. The van der Waals surface area contributed by atoms with Gasteiger partial charge < -0.3 is 10.3 Å². The molecule has 0 aliphatic rings. The van der Waals surface area contributed by atoms with Crippen molar-refractivity contribution in [1.82, 2.24) is 20.3 Å². The van der Waals surface area contributed by atoms with Crippen molar-refractivity contribution < 1.29 is 4.79 Å². The van der Waals surface area contributed by atoms with E-state index < -0.39 is 11.5 Å². The van der Waals surface area contributed by atoms with Gasteiger partial charge in [-0.2, -0.15) is 0 Å². The van der Waals surface area contributed by atoms with Crippen LogP contribution < -0.4 is 10.9 Å². The number of pyridine rings is 1. The van der Waals surface area contributed by atoms with Gasteiger partial charge in [-0.1, -0.05) is 29.8 Å². The Morgan fingerprint density at radius 3 is 2.72 bits per heavy atom. The van der Waals surface area contributed by atoms with Gasteiger partial charge in [0.25, 0.3) is 11.5 Å². The normalized spacial score (nSPS) is 10.5. The van der Waals surface area contributed by atoms with Crippen LogP contribution in [-0.4, -0.2) is 20.9 Å². The van der Waals surface area contributed by atoms with Crippen LogP contribution in [0.3, 0.4) is 0 Å². The maximum atomic E-state index is 12.3. The van der Waals surface area contributed by atoms with Crippen LogP contribution in [0, 0.1) is 13.8 Å². The number of aryl methyl sites for hydroxylation is 2. The quantitative estimate of drug-likeness (QED) is 0.767. The molecular weight excluding hydrogens is 316 g/mol. The molecule has 0 radical (unpaired) electrons. The molecule has 0 saturated heterocycles. The van der Waals surface area contributed by atoms with Crippen molar-refractivity contribution in [3.05, 3.63) is 81.4 Å². The number of nitrogens with zero attached hydrogens (tertiary/aromatic N) is 2. The molecule has 25 heavy (non-hydrogen) atoms. The summed E-state index contributed by atoms with van der Waals surface area (Å²) in [6.07, 6.45) is 2.89. The Labute approximate surface area is 145 Å². The average Bonchev–Trinajstić information content (AvgIpc) is 2.63. The van der Waals surface area contributed by atoms with Gasteiger partial charge in [-0.05, 0) is 37.1 Å². The van der Waals surface area contributed by atoms with Gasteiger partial charge >= 0.3 is 0 Å². The van der Waals surface area contributed by atoms with Gasteiger partial charge in [-0.25, -0.2) is 4.98 Å². The fourth-order valence-corrected chi connectivity index (χ4v) is 2.45. The number of hydrogen-bond donors (Lipinski definition) is 2. The lowest BCUT2D eigenvalue weighted by Crippen LogP contribution is -2.30. The highest BCUT2D eigenvalue weighted by Gasteiger charge is 2.13. The molecule has 0 atom stereocenters. The minimum absolute atomic E-state index is 0.0232. The molecule has 2 N–H and O–H groups in total. The van der Waals surface area contributed by atoms with Crippen LogP contribution in [0.15, 0.2) is 53.6 Å². The number of carbonyl (C=O) groups is 1. The van der Waals surface area contributed by atoms with Crippen molar-refractivity contribution >= 4 is 5.91 Å². The maximum absolute atomic E-state index is 12.3. The molecular formula is C19H18N4O2. The number of aromatic nitrogens is 3. The fourth-order valence-electron chi connectivity index (χ4n) is 2.45. The molecule has 1 amide bonds. The Kier molecular flexibility index (Phi) is 4.70. The third-order valence-electron chi connectivity index (χ3n) is 3.90. The van der Waals surface area contributed by atoms with E-state index in [2.05, 4.69) is 20.3 Å². The number of aromatic amines is 1. The second-order valence-corrected chi connectivity index (χ2v) is 5.80. The minimum Gasteiger partial charge on any atom is -0.348 e. The highest BCUT2D eigenvalue weighted by Crippen LogP contribution is 2.11. The standard InChI is InChI=1S/C19H18N4O2/c1-12-6-7-13(2)14(9-12)10-22-18(24)15-11-21-17(23-19(15)25)16-5-3-4-8-20-16/h3-9,11H,10H2,1-2H3,(H,22,24)(H,21,23,25). The molecule has 0 saturated carbocycles. The van der Waals surface area contributed by atoms with E-state index in [4.69, 9.17) is 0 Å². The third-order valence-corrected chi connectivity index (χ3v) is 3.90. The van der Waals surface area contributed by atoms with E-state index in [1.165, 1.54) is 6.20 Å². The fraction of sp³-hybridized carbons (Fsp3) is 0.158. The van der Waals surface area contributed by atoms with E-state index in [1.54, 1.807) is 24.4 Å². The summed E-state index contributed by atoms with van der Waals surface area (Å²) in [5.41, 5.74) is 3.25. The van der Waals surface area contributed by atoms with Crippen molar-refractivity contribution in [2.75, 3.05) is 0 Å². The third kappa shape index (κ3) is 3.80. The zero-order valence-corrected chi connectivity index (χ0v) is 14.0. The van der Waals surface area contributed by atoms with E-state index >= 15 is 0 Å². The van der Waals surface area contributed by atoms with Gasteiger partial charge in [0.1, 0.15) is 11.3 Å². The molecule has 0 spiro atoms. The lowest BCUT2D eigenvalue weighted by molar-refractivity contribution is 0.0949. The Morgan fingerprint density at radius 2 is 2.00 bits per heavy atom. The van der Waals surface area contributed by atoms with E-state index in [-0.39, 0.29) is 5.56 Å².